The lowest BCUT2D eigenvalue weighted by atomic mass is 9.79. The molecule has 0 spiro atoms. The smallest absolute Gasteiger partial charge is 0.341 e. The highest BCUT2D eigenvalue weighted by Crippen LogP contribution is 2.51. The zero-order chi connectivity index (χ0) is 29.7. The van der Waals surface area contributed by atoms with Gasteiger partial charge in [-0.1, -0.05) is 54.4 Å². The van der Waals surface area contributed by atoms with Crippen LogP contribution in [0.1, 0.15) is 63.3 Å². The molecule has 1 heterocycles. The van der Waals surface area contributed by atoms with E-state index in [0.29, 0.717) is 50.5 Å². The molecule has 0 bridgehead atoms. The number of amidine groups is 1. The molecule has 4 rings (SSSR count). The third-order valence-electron chi connectivity index (χ3n) is 6.75. The first-order valence-corrected chi connectivity index (χ1v) is 14.4. The van der Waals surface area contributed by atoms with Crippen LogP contribution in [0.5, 0.6) is 11.5 Å². The zero-order valence-electron chi connectivity index (χ0n) is 23.8. The molecule has 1 aliphatic heterocycles. The van der Waals surface area contributed by atoms with Crippen LogP contribution in [-0.2, 0) is 19.9 Å². The lowest BCUT2D eigenvalue weighted by Crippen LogP contribution is -2.46. The number of amides is 1. The number of halogens is 2. The molecule has 0 aliphatic carbocycles. The van der Waals surface area contributed by atoms with Crippen molar-refractivity contribution in [2.45, 2.75) is 58.2 Å². The van der Waals surface area contributed by atoms with Crippen LogP contribution >= 0.6 is 23.2 Å². The summed E-state index contributed by atoms with van der Waals surface area (Å²) in [6, 6.07) is 18.4. The van der Waals surface area contributed by atoms with Gasteiger partial charge in [0.05, 0.1) is 25.4 Å². The van der Waals surface area contributed by atoms with E-state index in [9.17, 15) is 9.59 Å². The summed E-state index contributed by atoms with van der Waals surface area (Å²) in [4.78, 5) is 35.0. The van der Waals surface area contributed by atoms with E-state index in [1.54, 1.807) is 85.7 Å². The molecule has 0 unspecified atom stereocenters. The highest BCUT2D eigenvalue weighted by atomic mass is 35.5. The average molecular weight is 598 g/mol. The van der Waals surface area contributed by atoms with E-state index in [-0.39, 0.29) is 25.0 Å². The van der Waals surface area contributed by atoms with Crippen molar-refractivity contribution in [2.75, 3.05) is 13.7 Å². The van der Waals surface area contributed by atoms with Crippen molar-refractivity contribution in [3.8, 4) is 11.5 Å². The van der Waals surface area contributed by atoms with Crippen LogP contribution in [0, 0.1) is 0 Å². The van der Waals surface area contributed by atoms with Crippen LogP contribution in [0.25, 0.3) is 0 Å². The standard InChI is InChI=1S/C32H34Cl2N2O5/c1-6-8-28(37)36-29(21-9-13-23(33)14-10-21)32(31(38)40-7-2,22-11-15-24(34)16-12-22)35-30(36)26-18-17-25(39-5)19-27(26)41-20(3)4/h9-20,29H,6-8H2,1-5H3/t29-,32+/m1/s1. The molecule has 216 valence electrons. The Morgan fingerprint density at radius 2 is 1.61 bits per heavy atom. The maximum absolute atomic E-state index is 14.2. The molecule has 0 radical (unpaired) electrons. The molecule has 0 saturated carbocycles. The summed E-state index contributed by atoms with van der Waals surface area (Å²) in [6.45, 7) is 7.61. The maximum Gasteiger partial charge on any atom is 0.341 e. The van der Waals surface area contributed by atoms with Gasteiger partial charge in [0, 0.05) is 22.5 Å². The van der Waals surface area contributed by atoms with E-state index in [0.717, 1.165) is 0 Å². The Kier molecular flexibility index (Phi) is 9.61. The molecule has 0 aromatic heterocycles. The fourth-order valence-electron chi connectivity index (χ4n) is 5.02. The van der Waals surface area contributed by atoms with Crippen LogP contribution < -0.4 is 9.47 Å². The molecule has 1 amide bonds. The summed E-state index contributed by atoms with van der Waals surface area (Å²) in [6.07, 6.45) is 0.654. The number of benzene rings is 3. The normalized spacial score (nSPS) is 18.3. The number of rotatable bonds is 10. The summed E-state index contributed by atoms with van der Waals surface area (Å²) in [5, 5.41) is 1.02. The number of nitrogens with zero attached hydrogens (tertiary/aromatic N) is 2. The number of aliphatic imine (C=N–C) groups is 1. The summed E-state index contributed by atoms with van der Waals surface area (Å²) < 4.78 is 17.4. The predicted octanol–water partition coefficient (Wildman–Crippen LogP) is 7.38. The van der Waals surface area contributed by atoms with Gasteiger partial charge >= 0.3 is 5.97 Å². The van der Waals surface area contributed by atoms with Crippen LogP contribution in [-0.4, -0.2) is 42.4 Å². The van der Waals surface area contributed by atoms with Gasteiger partial charge in [-0.3, -0.25) is 9.69 Å². The second-order valence-corrected chi connectivity index (χ2v) is 10.8. The van der Waals surface area contributed by atoms with Crippen LogP contribution in [0.15, 0.2) is 71.7 Å². The third-order valence-corrected chi connectivity index (χ3v) is 7.25. The number of esters is 1. The monoisotopic (exact) mass is 596 g/mol. The summed E-state index contributed by atoms with van der Waals surface area (Å²) in [5.74, 6) is 0.560. The molecule has 3 aromatic rings. The highest BCUT2D eigenvalue weighted by molar-refractivity contribution is 6.30. The zero-order valence-corrected chi connectivity index (χ0v) is 25.3. The van der Waals surface area contributed by atoms with Gasteiger partial charge in [-0.05, 0) is 74.7 Å². The Labute approximate surface area is 251 Å². The molecule has 0 saturated heterocycles. The van der Waals surface area contributed by atoms with Crippen LogP contribution in [0.2, 0.25) is 10.0 Å². The SMILES string of the molecule is CCCC(=O)N1C(c2ccc(OC)cc2OC(C)C)=N[C@@](C(=O)OCC)(c2ccc(Cl)cc2)[C@H]1c1ccc(Cl)cc1. The van der Waals surface area contributed by atoms with E-state index in [1.807, 2.05) is 20.8 Å². The maximum atomic E-state index is 14.2. The number of hydrogen-bond donors (Lipinski definition) is 0. The topological polar surface area (TPSA) is 77.4 Å². The van der Waals surface area contributed by atoms with Gasteiger partial charge in [0.25, 0.3) is 0 Å². The minimum absolute atomic E-state index is 0.125. The van der Waals surface area contributed by atoms with Crippen LogP contribution in [0.4, 0.5) is 0 Å². The molecule has 1 aliphatic rings. The quantitative estimate of drug-likeness (QED) is 0.228. The molecule has 3 aromatic carbocycles. The molecule has 0 fully saturated rings. The first kappa shape index (κ1) is 30.4. The number of carbonyl (C=O) groups is 2. The van der Waals surface area contributed by atoms with E-state index >= 15 is 0 Å². The summed E-state index contributed by atoms with van der Waals surface area (Å²) in [7, 11) is 1.57. The van der Waals surface area contributed by atoms with Crippen molar-refractivity contribution in [1.82, 2.24) is 4.90 Å². The Hall–Kier alpha value is -3.55. The van der Waals surface area contributed by atoms with E-state index in [2.05, 4.69) is 0 Å². The molecular weight excluding hydrogens is 563 g/mol. The molecule has 2 atom stereocenters. The van der Waals surface area contributed by atoms with E-state index in [4.69, 9.17) is 42.4 Å². The van der Waals surface area contributed by atoms with Crippen LogP contribution in [0.3, 0.4) is 0 Å². The van der Waals surface area contributed by atoms with Gasteiger partial charge in [-0.15, -0.1) is 0 Å². The Bertz CT molecular complexity index is 1420. The fourth-order valence-corrected chi connectivity index (χ4v) is 5.27. The Morgan fingerprint density at radius 1 is 0.976 bits per heavy atom. The highest BCUT2D eigenvalue weighted by Gasteiger charge is 2.59. The lowest BCUT2D eigenvalue weighted by Gasteiger charge is -2.36. The van der Waals surface area contributed by atoms with Crippen molar-refractivity contribution >= 4 is 40.9 Å². The number of carbonyl (C=O) groups excluding carboxylic acids is 2. The van der Waals surface area contributed by atoms with Gasteiger partial charge in [0.2, 0.25) is 11.4 Å². The van der Waals surface area contributed by atoms with Crippen molar-refractivity contribution in [3.05, 3.63) is 93.5 Å². The van der Waals surface area contributed by atoms with Crippen molar-refractivity contribution in [1.29, 1.82) is 0 Å². The molecule has 9 heteroatoms. The number of ether oxygens (including phenoxy) is 3. The Balaban J connectivity index is 2.11. The van der Waals surface area contributed by atoms with Gasteiger partial charge in [0.1, 0.15) is 23.4 Å². The number of hydrogen-bond acceptors (Lipinski definition) is 6. The largest absolute Gasteiger partial charge is 0.497 e. The van der Waals surface area contributed by atoms with Gasteiger partial charge in [-0.2, -0.15) is 0 Å². The van der Waals surface area contributed by atoms with Gasteiger partial charge < -0.3 is 14.2 Å². The first-order chi connectivity index (χ1) is 19.7. The van der Waals surface area contributed by atoms with Crippen molar-refractivity contribution < 1.29 is 23.8 Å². The fraction of sp³-hybridized carbons (Fsp3) is 0.344. The Morgan fingerprint density at radius 3 is 2.17 bits per heavy atom. The molecule has 0 N–H and O–H groups in total. The summed E-state index contributed by atoms with van der Waals surface area (Å²) >= 11 is 12.5. The number of methoxy groups -OCH3 is 1. The lowest BCUT2D eigenvalue weighted by molar-refractivity contribution is -0.152. The van der Waals surface area contributed by atoms with Gasteiger partial charge in [-0.25, -0.2) is 9.79 Å². The van der Waals surface area contributed by atoms with E-state index in [1.165, 1.54) is 0 Å². The summed E-state index contributed by atoms with van der Waals surface area (Å²) in [5.41, 5.74) is 0.0929. The molecule has 7 nitrogen and oxygen atoms in total. The minimum atomic E-state index is -1.65. The third kappa shape index (κ3) is 6.07. The minimum Gasteiger partial charge on any atom is -0.497 e. The molecular formula is C32H34Cl2N2O5. The first-order valence-electron chi connectivity index (χ1n) is 13.6. The predicted molar refractivity (Wildman–Crippen MR) is 161 cm³/mol. The van der Waals surface area contributed by atoms with Crippen molar-refractivity contribution in [3.63, 3.8) is 0 Å². The van der Waals surface area contributed by atoms with Crippen molar-refractivity contribution in [2.24, 2.45) is 4.99 Å². The second kappa shape index (κ2) is 13.0. The average Bonchev–Trinajstić information content (AvgIpc) is 3.31. The second-order valence-electron chi connectivity index (χ2n) is 9.93. The van der Waals surface area contributed by atoms with E-state index < -0.39 is 17.6 Å². The molecule has 41 heavy (non-hydrogen) atoms. The van der Waals surface area contributed by atoms with Gasteiger partial charge in [0.15, 0.2) is 0 Å².